The monoisotopic (exact) mass is 530 g/mol. The van der Waals surface area contributed by atoms with E-state index in [2.05, 4.69) is 51.2 Å². The number of H-pyrrole nitrogens is 1. The van der Waals surface area contributed by atoms with E-state index in [0.717, 1.165) is 91.3 Å². The second-order valence-electron chi connectivity index (χ2n) is 10.4. The van der Waals surface area contributed by atoms with Gasteiger partial charge in [0, 0.05) is 85.2 Å². The number of pyridine rings is 1. The summed E-state index contributed by atoms with van der Waals surface area (Å²) in [4.78, 5) is 13.8. The first-order valence-electron chi connectivity index (χ1n) is 13.3. The number of nitrogens with zero attached hydrogens (tertiary/aromatic N) is 3. The summed E-state index contributed by atoms with van der Waals surface area (Å²) in [6.45, 7) is 8.14. The van der Waals surface area contributed by atoms with Crippen molar-refractivity contribution in [2.75, 3.05) is 50.5 Å². The van der Waals surface area contributed by atoms with Crippen LogP contribution in [0.5, 0.6) is 0 Å². The molecule has 2 aliphatic heterocycles. The van der Waals surface area contributed by atoms with E-state index in [9.17, 15) is 8.42 Å². The summed E-state index contributed by atoms with van der Waals surface area (Å²) in [7, 11) is -3.22. The van der Waals surface area contributed by atoms with Gasteiger partial charge in [-0.15, -0.1) is 0 Å². The van der Waals surface area contributed by atoms with Crippen LogP contribution in [0.3, 0.4) is 0 Å². The van der Waals surface area contributed by atoms with E-state index < -0.39 is 9.84 Å². The second-order valence-corrected chi connectivity index (χ2v) is 12.5. The van der Waals surface area contributed by atoms with Gasteiger partial charge in [-0.2, -0.15) is 0 Å². The highest BCUT2D eigenvalue weighted by Crippen LogP contribution is 2.31. The van der Waals surface area contributed by atoms with Gasteiger partial charge >= 0.3 is 0 Å². The lowest BCUT2D eigenvalue weighted by Gasteiger charge is -2.41. The van der Waals surface area contributed by atoms with Crippen LogP contribution < -0.4 is 4.90 Å². The molecule has 2 aliphatic rings. The van der Waals surface area contributed by atoms with E-state index in [1.165, 1.54) is 11.9 Å². The molecular weight excluding hydrogens is 496 g/mol. The summed E-state index contributed by atoms with van der Waals surface area (Å²) in [5, 5.41) is 1.06. The first kappa shape index (κ1) is 25.1. The molecule has 7 nitrogen and oxygen atoms in total. The van der Waals surface area contributed by atoms with Crippen molar-refractivity contribution in [1.29, 1.82) is 0 Å². The lowest BCUT2D eigenvalue weighted by atomic mass is 10.1. The summed E-state index contributed by atoms with van der Waals surface area (Å²) in [6.07, 6.45) is 3.54. The van der Waals surface area contributed by atoms with E-state index in [1.807, 2.05) is 19.1 Å². The van der Waals surface area contributed by atoms with Gasteiger partial charge in [-0.1, -0.05) is 24.3 Å². The van der Waals surface area contributed by atoms with Crippen molar-refractivity contribution in [3.05, 3.63) is 66.4 Å². The highest BCUT2D eigenvalue weighted by molar-refractivity contribution is 7.90. The summed E-state index contributed by atoms with van der Waals surface area (Å²) >= 11 is 0. The largest absolute Gasteiger partial charge is 0.381 e. The first-order valence-corrected chi connectivity index (χ1v) is 15.2. The minimum atomic E-state index is -3.22. The highest BCUT2D eigenvalue weighted by Gasteiger charge is 2.25. The zero-order chi connectivity index (χ0) is 26.3. The molecule has 0 aliphatic carbocycles. The molecule has 0 atom stereocenters. The van der Waals surface area contributed by atoms with Crippen molar-refractivity contribution in [1.82, 2.24) is 14.9 Å². The number of rotatable bonds is 5. The smallest absolute Gasteiger partial charge is 0.175 e. The van der Waals surface area contributed by atoms with E-state index in [1.54, 1.807) is 12.1 Å². The third-order valence-electron chi connectivity index (χ3n) is 7.95. The molecule has 198 valence electrons. The van der Waals surface area contributed by atoms with Crippen molar-refractivity contribution in [3.8, 4) is 22.5 Å². The Hall–Kier alpha value is -3.20. The number of anilines is 1. The van der Waals surface area contributed by atoms with Gasteiger partial charge in [-0.3, -0.25) is 9.88 Å². The van der Waals surface area contributed by atoms with Crippen LogP contribution in [0.25, 0.3) is 33.4 Å². The average molecular weight is 531 g/mol. The zero-order valence-electron chi connectivity index (χ0n) is 22.0. The molecular formula is C30H34N4O3S. The van der Waals surface area contributed by atoms with E-state index in [-0.39, 0.29) is 0 Å². The molecule has 0 amide bonds. The van der Waals surface area contributed by atoms with Crippen molar-refractivity contribution in [2.45, 2.75) is 30.7 Å². The Morgan fingerprint density at radius 3 is 2.21 bits per heavy atom. The topological polar surface area (TPSA) is 78.5 Å². The summed E-state index contributed by atoms with van der Waals surface area (Å²) in [5.74, 6) is 0. The lowest BCUT2D eigenvalue weighted by Crippen LogP contribution is -2.51. The number of hydrogen-bond acceptors (Lipinski definition) is 6. The second kappa shape index (κ2) is 10.2. The number of ether oxygens (including phenoxy) is 1. The number of hydrogen-bond donors (Lipinski definition) is 1. The third kappa shape index (κ3) is 5.08. The van der Waals surface area contributed by atoms with Gasteiger partial charge in [-0.05, 0) is 61.7 Å². The minimum Gasteiger partial charge on any atom is -0.381 e. The Labute approximate surface area is 224 Å². The number of fused-ring (bicyclic) bond motifs is 1. The van der Waals surface area contributed by atoms with Gasteiger partial charge in [-0.25, -0.2) is 8.42 Å². The molecule has 0 radical (unpaired) electrons. The number of nitrogens with one attached hydrogen (secondary N) is 1. The molecule has 8 heteroatoms. The lowest BCUT2D eigenvalue weighted by molar-refractivity contribution is 0.0321. The van der Waals surface area contributed by atoms with E-state index in [0.29, 0.717) is 10.9 Å². The molecule has 0 unspecified atom stereocenters. The Morgan fingerprint density at radius 1 is 0.895 bits per heavy atom. The van der Waals surface area contributed by atoms with Crippen LogP contribution in [0.15, 0.2) is 65.6 Å². The maximum absolute atomic E-state index is 11.8. The van der Waals surface area contributed by atoms with Gasteiger partial charge in [0.05, 0.1) is 10.6 Å². The highest BCUT2D eigenvalue weighted by atomic mass is 32.2. The predicted octanol–water partition coefficient (Wildman–Crippen LogP) is 4.91. The number of aromatic nitrogens is 2. The van der Waals surface area contributed by atoms with Crippen LogP contribution in [0.1, 0.15) is 18.5 Å². The van der Waals surface area contributed by atoms with Crippen molar-refractivity contribution in [3.63, 3.8) is 0 Å². The normalized spacial score (nSPS) is 17.8. The zero-order valence-corrected chi connectivity index (χ0v) is 22.8. The molecule has 0 bridgehead atoms. The average Bonchev–Trinajstić information content (AvgIpc) is 3.38. The molecule has 6 rings (SSSR count). The molecule has 2 aromatic carbocycles. The van der Waals surface area contributed by atoms with Gasteiger partial charge < -0.3 is 14.6 Å². The predicted molar refractivity (Wildman–Crippen MR) is 152 cm³/mol. The Morgan fingerprint density at radius 2 is 1.55 bits per heavy atom. The molecule has 2 aromatic heterocycles. The van der Waals surface area contributed by atoms with Crippen molar-refractivity contribution < 1.29 is 13.2 Å². The molecule has 2 saturated heterocycles. The summed E-state index contributed by atoms with van der Waals surface area (Å²) < 4.78 is 29.1. The van der Waals surface area contributed by atoms with Crippen molar-refractivity contribution >= 4 is 26.4 Å². The third-order valence-corrected chi connectivity index (χ3v) is 9.08. The number of aromatic amines is 1. The fourth-order valence-corrected chi connectivity index (χ4v) is 6.35. The summed E-state index contributed by atoms with van der Waals surface area (Å²) in [5.41, 5.74) is 7.15. The standard InChI is InChI=1S/C30H34N4O3S/c1-21-27-19-28(23-5-9-26(10-6-23)38(2,35)36)32-30(27)20-29(31-21)22-3-7-24(8-4-22)33-13-15-34(16-14-33)25-11-17-37-18-12-25/h3-10,19-20,25,32H,11-18H2,1-2H3. The maximum Gasteiger partial charge on any atom is 0.175 e. The van der Waals surface area contributed by atoms with Crippen molar-refractivity contribution in [2.24, 2.45) is 0 Å². The Kier molecular flexibility index (Phi) is 6.72. The molecule has 0 spiro atoms. The van der Waals surface area contributed by atoms with Crippen LogP contribution >= 0.6 is 0 Å². The Bertz CT molecular complexity index is 1530. The SMILES string of the molecule is Cc1nc(-c2ccc(N3CCN(C4CCOCC4)CC3)cc2)cc2[nH]c(-c3ccc(S(C)(=O)=O)cc3)cc12. The Balaban J connectivity index is 1.18. The molecule has 4 heterocycles. The maximum atomic E-state index is 11.8. The van der Waals surface area contributed by atoms with Crippen LogP contribution in [-0.2, 0) is 14.6 Å². The number of benzene rings is 2. The van der Waals surface area contributed by atoms with E-state index >= 15 is 0 Å². The van der Waals surface area contributed by atoms with Gasteiger partial charge in [0.1, 0.15) is 0 Å². The fraction of sp³-hybridized carbons (Fsp3) is 0.367. The molecule has 2 fully saturated rings. The van der Waals surface area contributed by atoms with Gasteiger partial charge in [0.15, 0.2) is 9.84 Å². The van der Waals surface area contributed by atoms with Gasteiger partial charge in [0.2, 0.25) is 0 Å². The quantitative estimate of drug-likeness (QED) is 0.395. The first-order chi connectivity index (χ1) is 18.3. The number of piperazine rings is 1. The van der Waals surface area contributed by atoms with Gasteiger partial charge in [0.25, 0.3) is 0 Å². The molecule has 1 N–H and O–H groups in total. The number of aryl methyl sites for hydroxylation is 1. The van der Waals surface area contributed by atoms with Crippen LogP contribution in [0.2, 0.25) is 0 Å². The molecule has 4 aromatic rings. The minimum absolute atomic E-state index is 0.321. The van der Waals surface area contributed by atoms with Crippen LogP contribution in [-0.4, -0.2) is 75.0 Å². The number of sulfone groups is 1. The molecule has 38 heavy (non-hydrogen) atoms. The fourth-order valence-electron chi connectivity index (χ4n) is 5.72. The van der Waals surface area contributed by atoms with E-state index in [4.69, 9.17) is 9.72 Å². The van der Waals surface area contributed by atoms with Crippen LogP contribution in [0.4, 0.5) is 5.69 Å². The van der Waals surface area contributed by atoms with Crippen LogP contribution in [0, 0.1) is 6.92 Å². The molecule has 0 saturated carbocycles. The summed E-state index contributed by atoms with van der Waals surface area (Å²) in [6, 6.07) is 20.6.